The lowest BCUT2D eigenvalue weighted by Gasteiger charge is -2.18. The largest absolute Gasteiger partial charge is 0.264 e. The van der Waals surface area contributed by atoms with Crippen LogP contribution in [0.1, 0.15) is 0 Å². The first kappa shape index (κ1) is 72.3. The highest BCUT2D eigenvalue weighted by Gasteiger charge is 2.22. The maximum absolute atomic E-state index is 5.32. The molecule has 0 radical (unpaired) electrons. The summed E-state index contributed by atoms with van der Waals surface area (Å²) in [4.78, 5) is 19.6. The summed E-state index contributed by atoms with van der Waals surface area (Å²) in [7, 11) is 0. The van der Waals surface area contributed by atoms with E-state index in [0.717, 1.165) is 55.7 Å². The third-order valence-electron chi connectivity index (χ3n) is 24.3. The summed E-state index contributed by atoms with van der Waals surface area (Å²) in [6.07, 6.45) is 5.67. The van der Waals surface area contributed by atoms with Gasteiger partial charge in [-0.3, -0.25) is 9.97 Å². The fraction of sp³-hybridized carbons (Fsp3) is 0. The second kappa shape index (κ2) is 31.4. The minimum Gasteiger partial charge on any atom is -0.264 e. The minimum atomic E-state index is 0.690. The van der Waals surface area contributed by atoms with Gasteiger partial charge in [-0.15, -0.1) is 0 Å². The summed E-state index contributed by atoms with van der Waals surface area (Å²) in [6.45, 7) is 0. The maximum atomic E-state index is 5.32. The molecule has 4 heteroatoms. The molecule has 0 atom stereocenters. The Balaban J connectivity index is 0.000000112. The van der Waals surface area contributed by atoms with Gasteiger partial charge >= 0.3 is 0 Å². The molecule has 0 aliphatic carbocycles. The van der Waals surface area contributed by atoms with Crippen LogP contribution in [-0.4, -0.2) is 19.9 Å². The number of benzene rings is 21. The van der Waals surface area contributed by atoms with Crippen LogP contribution in [0.15, 0.2) is 461 Å². The van der Waals surface area contributed by atoms with Crippen LogP contribution < -0.4 is 0 Å². The van der Waals surface area contributed by atoms with E-state index in [0.29, 0.717) is 5.82 Å². The Labute approximate surface area is 707 Å². The maximum Gasteiger partial charge on any atom is 0.160 e. The molecule has 0 aliphatic heterocycles. The second-order valence-electron chi connectivity index (χ2n) is 31.4. The van der Waals surface area contributed by atoms with E-state index in [1.807, 2.05) is 36.8 Å². The molecule has 0 bridgehead atoms. The summed E-state index contributed by atoms with van der Waals surface area (Å²) in [5.74, 6) is 0.690. The molecule has 3 aromatic heterocycles. The minimum absolute atomic E-state index is 0.690. The molecular formula is C118H76N4. The standard InChI is InChI=1S/C47H29N3.C36H24.C35H23N/c1-4-14-36-32(11-1)26-42(40-18-8-6-16-38(36)40)45-28-46(43-27-33-12-2-5-15-37(33)39-17-7-9-19-41(39)43)50-47(49-45)31-23-21-30(22-24-31)35-25-34-13-3-10-20-44(34)48-29-35;1-2-12-27(13-3-1)35-31-16-6-8-18-33(31)36(34-19-9-7-17-32(34)35)28-23-21-26(22-24-28)30-20-10-14-25-11-4-5-15-29(25)30;1-2-9-27-22-28(20-17-24(27)8-1)35-32-13-5-3-11-30(32)34(31-12-4-6-14-33(31)35)26-18-15-25(16-19-26)29-10-7-21-36-23-29/h1-29H;1-24H;1-23H. The average molecular weight is 1550 g/mol. The monoisotopic (exact) mass is 1550 g/mol. The van der Waals surface area contributed by atoms with Gasteiger partial charge in [-0.2, -0.15) is 0 Å². The van der Waals surface area contributed by atoms with Gasteiger partial charge in [0.15, 0.2) is 5.82 Å². The smallest absolute Gasteiger partial charge is 0.160 e. The van der Waals surface area contributed by atoms with E-state index in [2.05, 4.69) is 430 Å². The van der Waals surface area contributed by atoms with Gasteiger partial charge in [-0.05, 0) is 223 Å². The molecule has 0 saturated heterocycles. The van der Waals surface area contributed by atoms with Crippen LogP contribution in [0.2, 0.25) is 0 Å². The van der Waals surface area contributed by atoms with Crippen molar-refractivity contribution in [3.05, 3.63) is 461 Å². The first-order valence-electron chi connectivity index (χ1n) is 41.7. The van der Waals surface area contributed by atoms with Crippen molar-refractivity contribution in [3.8, 4) is 112 Å². The van der Waals surface area contributed by atoms with Crippen LogP contribution in [0, 0.1) is 0 Å². The number of pyridine rings is 2. The van der Waals surface area contributed by atoms with Crippen molar-refractivity contribution in [2.45, 2.75) is 0 Å². The summed E-state index contributed by atoms with van der Waals surface area (Å²) < 4.78 is 0. The van der Waals surface area contributed by atoms with E-state index in [1.54, 1.807) is 0 Å². The third kappa shape index (κ3) is 13.4. The van der Waals surface area contributed by atoms with Gasteiger partial charge in [-0.1, -0.05) is 400 Å². The number of fused-ring (bicyclic) bond motifs is 13. The summed E-state index contributed by atoms with van der Waals surface area (Å²) in [5, 5.41) is 26.1. The third-order valence-corrected chi connectivity index (χ3v) is 24.3. The molecule has 21 aromatic carbocycles. The average Bonchev–Trinajstić information content (AvgIpc) is 0.737. The molecule has 0 spiro atoms. The van der Waals surface area contributed by atoms with Crippen LogP contribution in [0.25, 0.3) is 230 Å². The molecule has 0 amide bonds. The van der Waals surface area contributed by atoms with Crippen LogP contribution in [0.4, 0.5) is 0 Å². The fourth-order valence-corrected chi connectivity index (χ4v) is 18.5. The van der Waals surface area contributed by atoms with Gasteiger partial charge in [-0.25, -0.2) is 9.97 Å². The van der Waals surface area contributed by atoms with E-state index >= 15 is 0 Å². The van der Waals surface area contributed by atoms with Crippen molar-refractivity contribution in [2.24, 2.45) is 0 Å². The molecule has 0 aliphatic rings. The van der Waals surface area contributed by atoms with Gasteiger partial charge in [0, 0.05) is 46.2 Å². The van der Waals surface area contributed by atoms with E-state index in [4.69, 9.17) is 15.0 Å². The number of hydrogen-bond donors (Lipinski definition) is 0. The molecule has 0 unspecified atom stereocenters. The first-order chi connectivity index (χ1) is 60.5. The number of nitrogens with zero attached hydrogens (tertiary/aromatic N) is 4. The van der Waals surface area contributed by atoms with Crippen LogP contribution in [0.5, 0.6) is 0 Å². The lowest BCUT2D eigenvalue weighted by Crippen LogP contribution is -1.97. The highest BCUT2D eigenvalue weighted by Crippen LogP contribution is 2.48. The Kier molecular flexibility index (Phi) is 18.6. The lowest BCUT2D eigenvalue weighted by molar-refractivity contribution is 1.19. The Hall–Kier alpha value is -16.1. The van der Waals surface area contributed by atoms with Crippen LogP contribution in [0.3, 0.4) is 0 Å². The Bertz CT molecular complexity index is 7910. The highest BCUT2D eigenvalue weighted by atomic mass is 14.9. The zero-order valence-corrected chi connectivity index (χ0v) is 66.7. The van der Waals surface area contributed by atoms with E-state index < -0.39 is 0 Å². The topological polar surface area (TPSA) is 51.6 Å². The molecule has 568 valence electrons. The van der Waals surface area contributed by atoms with E-state index in [9.17, 15) is 0 Å². The van der Waals surface area contributed by atoms with Crippen molar-refractivity contribution >= 4 is 119 Å². The molecule has 0 fully saturated rings. The van der Waals surface area contributed by atoms with Gasteiger partial charge in [0.2, 0.25) is 0 Å². The summed E-state index contributed by atoms with van der Waals surface area (Å²) >= 11 is 0. The quantitative estimate of drug-likeness (QED) is 0.101. The number of rotatable bonds is 10. The van der Waals surface area contributed by atoms with Gasteiger partial charge in [0.1, 0.15) is 0 Å². The van der Waals surface area contributed by atoms with Crippen LogP contribution in [-0.2, 0) is 0 Å². The van der Waals surface area contributed by atoms with Crippen molar-refractivity contribution in [1.29, 1.82) is 0 Å². The zero-order valence-electron chi connectivity index (χ0n) is 66.7. The zero-order chi connectivity index (χ0) is 80.8. The summed E-state index contributed by atoms with van der Waals surface area (Å²) in [5.41, 5.74) is 23.1. The number of hydrogen-bond acceptors (Lipinski definition) is 4. The highest BCUT2D eigenvalue weighted by molar-refractivity contribution is 6.24. The lowest BCUT2D eigenvalue weighted by atomic mass is 9.85. The predicted octanol–water partition coefficient (Wildman–Crippen LogP) is 32.0. The first-order valence-corrected chi connectivity index (χ1v) is 41.7. The predicted molar refractivity (Wildman–Crippen MR) is 517 cm³/mol. The Morgan fingerprint density at radius 3 is 1.02 bits per heavy atom. The van der Waals surface area contributed by atoms with Crippen molar-refractivity contribution < 1.29 is 0 Å². The second-order valence-corrected chi connectivity index (χ2v) is 31.4. The molecule has 0 saturated carbocycles. The van der Waals surface area contributed by atoms with E-state index in [-0.39, 0.29) is 0 Å². The summed E-state index contributed by atoms with van der Waals surface area (Å²) in [6, 6.07) is 159. The Morgan fingerprint density at radius 1 is 0.156 bits per heavy atom. The van der Waals surface area contributed by atoms with Crippen molar-refractivity contribution in [2.75, 3.05) is 0 Å². The Morgan fingerprint density at radius 2 is 0.508 bits per heavy atom. The van der Waals surface area contributed by atoms with E-state index in [1.165, 1.54) is 169 Å². The molecule has 24 rings (SSSR count). The number of para-hydroxylation sites is 1. The van der Waals surface area contributed by atoms with Gasteiger partial charge in [0.05, 0.1) is 16.9 Å². The molecule has 0 N–H and O–H groups in total. The molecular weight excluding hydrogens is 1470 g/mol. The molecule has 24 aromatic rings. The SMILES string of the molecule is c1ccc(-c2c3ccccc3c(-c3ccc(-c4cccc5ccccc45)cc3)c3ccccc23)cc1.c1ccc2ncc(-c3ccc(-c4nc(-c5cc6ccccc6c6ccccc56)cc(-c5cc6ccccc6c6ccccc56)n4)cc3)cc2c1.c1cncc(-c2ccc(-c3c4ccccc4c(-c4ccc5ccccc5c4)c4ccccc34)cc2)c1. The normalized spacial score (nSPS) is 11.4. The molecule has 4 nitrogen and oxygen atoms in total. The fourth-order valence-electron chi connectivity index (χ4n) is 18.5. The molecule has 3 heterocycles. The van der Waals surface area contributed by atoms with Crippen molar-refractivity contribution in [3.63, 3.8) is 0 Å². The van der Waals surface area contributed by atoms with Gasteiger partial charge in [0.25, 0.3) is 0 Å². The number of aromatic nitrogens is 4. The van der Waals surface area contributed by atoms with Crippen LogP contribution >= 0.6 is 0 Å². The van der Waals surface area contributed by atoms with Crippen molar-refractivity contribution in [1.82, 2.24) is 19.9 Å². The molecule has 122 heavy (non-hydrogen) atoms. The van der Waals surface area contributed by atoms with Gasteiger partial charge < -0.3 is 0 Å².